The molecule has 0 saturated carbocycles. The first-order valence-corrected chi connectivity index (χ1v) is 5.96. The number of thiol groups is 1. The molecule has 0 aliphatic rings. The van der Waals surface area contributed by atoms with Crippen molar-refractivity contribution in [1.82, 2.24) is 4.31 Å². The molecule has 0 aliphatic heterocycles. The van der Waals surface area contributed by atoms with E-state index in [-0.39, 0.29) is 0 Å². The second-order valence-corrected chi connectivity index (χ2v) is 4.77. The normalized spacial score (nSPS) is 12.1. The summed E-state index contributed by atoms with van der Waals surface area (Å²) in [6.07, 6.45) is -4.79. The van der Waals surface area contributed by atoms with Gasteiger partial charge in [-0.05, 0) is 6.07 Å². The molecule has 1 rings (SSSR count). The Morgan fingerprint density at radius 3 is 2.37 bits per heavy atom. The first-order valence-electron chi connectivity index (χ1n) is 4.83. The quantitative estimate of drug-likeness (QED) is 0.520. The molecule has 10 heteroatoms. The van der Waals surface area contributed by atoms with Crippen LogP contribution >= 0.6 is 0 Å². The van der Waals surface area contributed by atoms with Gasteiger partial charge in [-0.25, -0.2) is 12.7 Å². The topological polar surface area (TPSA) is 80.5 Å². The van der Waals surface area contributed by atoms with Crippen LogP contribution in [0.15, 0.2) is 18.2 Å². The number of rotatable bonds is 4. The molecule has 0 bridgehead atoms. The molecule has 6 nitrogen and oxygen atoms in total. The van der Waals surface area contributed by atoms with Crippen molar-refractivity contribution in [3.63, 3.8) is 0 Å². The monoisotopic (exact) mass is 298 g/mol. The van der Waals surface area contributed by atoms with Crippen LogP contribution < -0.4 is 0 Å². The number of hydrogen-bond acceptors (Lipinski definition) is 4. The third-order valence-corrected chi connectivity index (χ3v) is 3.02. The van der Waals surface area contributed by atoms with E-state index in [0.29, 0.717) is 10.4 Å². The number of nitro groups is 1. The number of alkyl halides is 3. The van der Waals surface area contributed by atoms with Gasteiger partial charge in [-0.2, -0.15) is 13.2 Å². The van der Waals surface area contributed by atoms with Gasteiger partial charge in [-0.1, -0.05) is 6.07 Å². The van der Waals surface area contributed by atoms with Gasteiger partial charge < -0.3 is 0 Å². The summed E-state index contributed by atoms with van der Waals surface area (Å²) in [5.74, 6) is 0. The summed E-state index contributed by atoms with van der Waals surface area (Å²) in [6, 6.07) is 2.48. The van der Waals surface area contributed by atoms with Crippen molar-refractivity contribution in [2.24, 2.45) is 0 Å². The predicted octanol–water partition coefficient (Wildman–Crippen LogP) is 1.57. The maximum absolute atomic E-state index is 12.8. The van der Waals surface area contributed by atoms with Crippen molar-refractivity contribution in [2.75, 3.05) is 7.05 Å². The Balaban J connectivity index is 3.42. The molecule has 106 valence electrons. The molecule has 0 atom stereocenters. The molecule has 0 fully saturated rings. The lowest BCUT2D eigenvalue weighted by molar-refractivity contribution is -0.385. The van der Waals surface area contributed by atoms with Gasteiger partial charge in [0.05, 0.1) is 16.1 Å². The van der Waals surface area contributed by atoms with Crippen LogP contribution in [0.25, 0.3) is 0 Å². The minimum atomic E-state index is -4.79. The summed E-state index contributed by atoms with van der Waals surface area (Å²) in [6.45, 7) is -0.718. The molecular weight excluding hydrogens is 289 g/mol. The van der Waals surface area contributed by atoms with Crippen molar-refractivity contribution in [2.45, 2.75) is 12.7 Å². The van der Waals surface area contributed by atoms with E-state index < -0.39 is 45.3 Å². The fourth-order valence-electron chi connectivity index (χ4n) is 1.46. The maximum atomic E-state index is 12.8. The van der Waals surface area contributed by atoms with Gasteiger partial charge in [0.2, 0.25) is 10.9 Å². The zero-order valence-electron chi connectivity index (χ0n) is 9.55. The molecular formula is C9H9F3N2O4S. The fourth-order valence-corrected chi connectivity index (χ4v) is 1.72. The summed E-state index contributed by atoms with van der Waals surface area (Å²) < 4.78 is 60.1. The van der Waals surface area contributed by atoms with E-state index in [1.165, 1.54) is 0 Å². The zero-order chi connectivity index (χ0) is 14.8. The van der Waals surface area contributed by atoms with Gasteiger partial charge in [0.25, 0.3) is 5.69 Å². The summed E-state index contributed by atoms with van der Waals surface area (Å²) in [4.78, 5) is 9.75. The summed E-state index contributed by atoms with van der Waals surface area (Å²) in [5.41, 5.74) is -2.66. The molecule has 0 saturated heterocycles. The molecule has 0 heterocycles. The number of benzene rings is 1. The molecule has 0 radical (unpaired) electrons. The number of nitro benzene ring substituents is 1. The van der Waals surface area contributed by atoms with Crippen LogP contribution in [0.3, 0.4) is 0 Å². The lowest BCUT2D eigenvalue weighted by Gasteiger charge is -2.15. The van der Waals surface area contributed by atoms with E-state index in [4.69, 9.17) is 0 Å². The third-order valence-electron chi connectivity index (χ3n) is 2.32. The highest BCUT2D eigenvalue weighted by Crippen LogP contribution is 2.36. The van der Waals surface area contributed by atoms with Crippen molar-refractivity contribution >= 4 is 16.6 Å². The smallest absolute Gasteiger partial charge is 0.258 e. The minimum Gasteiger partial charge on any atom is -0.258 e. The standard InChI is InChI=1S/C9H9F3N2O4S/c1-13(19(17)18)5-6-7(9(10,11)12)3-2-4-8(6)14(15)16/h2-4,19H,5H2,1H3. The Labute approximate surface area is 107 Å². The Bertz CT molecular complexity index is 563. The fraction of sp³-hybridized carbons (Fsp3) is 0.333. The summed E-state index contributed by atoms with van der Waals surface area (Å²) in [7, 11) is -2.09. The molecule has 1 aromatic carbocycles. The van der Waals surface area contributed by atoms with Crippen LogP contribution in [0.1, 0.15) is 11.1 Å². The molecule has 0 aliphatic carbocycles. The van der Waals surface area contributed by atoms with Crippen molar-refractivity contribution < 1.29 is 26.5 Å². The largest absolute Gasteiger partial charge is 0.416 e. The molecule has 0 spiro atoms. The maximum Gasteiger partial charge on any atom is 0.416 e. The number of hydrogen-bond donors (Lipinski definition) is 1. The average Bonchev–Trinajstić information content (AvgIpc) is 2.27. The van der Waals surface area contributed by atoms with E-state index in [9.17, 15) is 31.7 Å². The third kappa shape index (κ3) is 3.64. The van der Waals surface area contributed by atoms with Gasteiger partial charge in [0.1, 0.15) is 0 Å². The Morgan fingerprint density at radius 2 is 1.95 bits per heavy atom. The van der Waals surface area contributed by atoms with E-state index in [1.807, 2.05) is 0 Å². The zero-order valence-corrected chi connectivity index (χ0v) is 10.4. The van der Waals surface area contributed by atoms with Gasteiger partial charge >= 0.3 is 6.18 Å². The number of nitrogens with zero attached hydrogens (tertiary/aromatic N) is 2. The Hall–Kier alpha value is -1.68. The van der Waals surface area contributed by atoms with Gasteiger partial charge in [0, 0.05) is 19.7 Å². The molecule has 0 N–H and O–H groups in total. The Morgan fingerprint density at radius 1 is 1.37 bits per heavy atom. The molecule has 0 amide bonds. The van der Waals surface area contributed by atoms with Crippen LogP contribution in [-0.2, 0) is 23.6 Å². The number of halogens is 3. The lowest BCUT2D eigenvalue weighted by Crippen LogP contribution is -2.20. The second-order valence-electron chi connectivity index (χ2n) is 3.61. The average molecular weight is 298 g/mol. The summed E-state index contributed by atoms with van der Waals surface area (Å²) in [5, 5.41) is 10.7. The molecule has 0 unspecified atom stereocenters. The van der Waals surface area contributed by atoms with E-state index in [0.717, 1.165) is 19.2 Å². The minimum absolute atomic E-state index is 0.576. The second kappa shape index (κ2) is 5.53. The SMILES string of the molecule is CN(Cc1c([N+](=O)[O-])cccc1C(F)(F)F)[SH](=O)=O. The highest BCUT2D eigenvalue weighted by molar-refractivity contribution is 7.69. The van der Waals surface area contributed by atoms with Crippen LogP contribution in [0.2, 0.25) is 0 Å². The van der Waals surface area contributed by atoms with Crippen LogP contribution in [0.5, 0.6) is 0 Å². The highest BCUT2D eigenvalue weighted by Gasteiger charge is 2.36. The summed E-state index contributed by atoms with van der Waals surface area (Å²) >= 11 is 0. The predicted molar refractivity (Wildman–Crippen MR) is 59.9 cm³/mol. The van der Waals surface area contributed by atoms with Gasteiger partial charge in [0.15, 0.2) is 0 Å². The lowest BCUT2D eigenvalue weighted by atomic mass is 10.0. The van der Waals surface area contributed by atoms with Crippen LogP contribution in [0.4, 0.5) is 18.9 Å². The Kier molecular flexibility index (Phi) is 4.48. The first-order chi connectivity index (χ1) is 8.64. The van der Waals surface area contributed by atoms with Crippen LogP contribution in [-0.4, -0.2) is 24.7 Å². The van der Waals surface area contributed by atoms with Crippen molar-refractivity contribution in [3.8, 4) is 0 Å². The molecule has 0 aromatic heterocycles. The molecule has 19 heavy (non-hydrogen) atoms. The van der Waals surface area contributed by atoms with E-state index >= 15 is 0 Å². The molecule has 1 aromatic rings. The highest BCUT2D eigenvalue weighted by atomic mass is 32.2. The van der Waals surface area contributed by atoms with E-state index in [1.54, 1.807) is 0 Å². The van der Waals surface area contributed by atoms with Gasteiger partial charge in [-0.3, -0.25) is 10.1 Å². The van der Waals surface area contributed by atoms with Crippen molar-refractivity contribution in [1.29, 1.82) is 0 Å². The van der Waals surface area contributed by atoms with Crippen LogP contribution in [0, 0.1) is 10.1 Å². The van der Waals surface area contributed by atoms with Gasteiger partial charge in [-0.15, -0.1) is 0 Å². The first kappa shape index (κ1) is 15.4. The van der Waals surface area contributed by atoms with Crippen molar-refractivity contribution in [3.05, 3.63) is 39.4 Å². The van der Waals surface area contributed by atoms with E-state index in [2.05, 4.69) is 0 Å².